The molecule has 0 saturated heterocycles. The Labute approximate surface area is 182 Å². The molecule has 0 atom stereocenters. The highest BCUT2D eigenvalue weighted by molar-refractivity contribution is 7.90. The van der Waals surface area contributed by atoms with Gasteiger partial charge in [0.05, 0.1) is 10.6 Å². The second-order valence-electron chi connectivity index (χ2n) is 8.02. The Kier molecular flexibility index (Phi) is 5.20. The molecule has 2 heterocycles. The summed E-state index contributed by atoms with van der Waals surface area (Å²) in [5.74, 6) is 0.453. The van der Waals surface area contributed by atoms with Gasteiger partial charge >= 0.3 is 0 Å². The molecular formula is C26H24N2O2S. The molecule has 1 aliphatic rings. The maximum Gasteiger partial charge on any atom is 0.269 e. The lowest BCUT2D eigenvalue weighted by Crippen LogP contribution is -2.16. The van der Waals surface area contributed by atoms with Crippen molar-refractivity contribution >= 4 is 26.6 Å². The number of aromatic nitrogens is 2. The second-order valence-corrected chi connectivity index (χ2v) is 9.81. The Hall–Kier alpha value is -3.18. The zero-order valence-corrected chi connectivity index (χ0v) is 18.0. The van der Waals surface area contributed by atoms with Crippen LogP contribution in [0.5, 0.6) is 0 Å². The molecular weight excluding hydrogens is 404 g/mol. The van der Waals surface area contributed by atoms with E-state index in [1.54, 1.807) is 30.5 Å². The van der Waals surface area contributed by atoms with E-state index < -0.39 is 10.0 Å². The fourth-order valence-electron chi connectivity index (χ4n) is 4.45. The highest BCUT2D eigenvalue weighted by Crippen LogP contribution is 2.36. The highest BCUT2D eigenvalue weighted by Gasteiger charge is 2.26. The molecule has 156 valence electrons. The van der Waals surface area contributed by atoms with Crippen molar-refractivity contribution in [3.05, 3.63) is 102 Å². The van der Waals surface area contributed by atoms with Crippen LogP contribution in [0.25, 0.3) is 16.6 Å². The number of allylic oxidation sites excluding steroid dienone is 1. The Bertz CT molecular complexity index is 1330. The summed E-state index contributed by atoms with van der Waals surface area (Å²) in [6.07, 6.45) is 8.63. The van der Waals surface area contributed by atoms with E-state index >= 15 is 0 Å². The van der Waals surface area contributed by atoms with E-state index in [2.05, 4.69) is 11.1 Å². The third-order valence-electron chi connectivity index (χ3n) is 5.96. The SMILES string of the molecule is O=S(=O)(c1ccccc1)n1c(C(=CC2CCCC2)c2ccccc2)cc2cccnc21. The van der Waals surface area contributed by atoms with E-state index in [0.717, 1.165) is 29.4 Å². The number of pyridine rings is 1. The predicted octanol–water partition coefficient (Wildman–Crippen LogP) is 5.90. The average molecular weight is 429 g/mol. The van der Waals surface area contributed by atoms with Gasteiger partial charge in [0, 0.05) is 17.2 Å². The van der Waals surface area contributed by atoms with Gasteiger partial charge in [-0.3, -0.25) is 0 Å². The van der Waals surface area contributed by atoms with Crippen molar-refractivity contribution in [2.45, 2.75) is 30.6 Å². The molecule has 0 unspecified atom stereocenters. The largest absolute Gasteiger partial charge is 0.269 e. The summed E-state index contributed by atoms with van der Waals surface area (Å²) in [5, 5.41) is 0.810. The molecule has 1 saturated carbocycles. The van der Waals surface area contributed by atoms with Crippen molar-refractivity contribution in [1.29, 1.82) is 0 Å². The van der Waals surface area contributed by atoms with Crippen molar-refractivity contribution < 1.29 is 8.42 Å². The van der Waals surface area contributed by atoms with Crippen LogP contribution in [0.15, 0.2) is 96.0 Å². The monoisotopic (exact) mass is 428 g/mol. The van der Waals surface area contributed by atoms with E-state index in [4.69, 9.17) is 0 Å². The minimum atomic E-state index is -3.83. The van der Waals surface area contributed by atoms with Gasteiger partial charge in [-0.25, -0.2) is 17.4 Å². The Morgan fingerprint density at radius 3 is 2.29 bits per heavy atom. The number of hydrogen-bond acceptors (Lipinski definition) is 3. The van der Waals surface area contributed by atoms with Gasteiger partial charge in [-0.1, -0.05) is 67.4 Å². The number of nitrogens with zero attached hydrogens (tertiary/aromatic N) is 2. The topological polar surface area (TPSA) is 52.0 Å². The Morgan fingerprint density at radius 2 is 1.58 bits per heavy atom. The maximum atomic E-state index is 13.8. The van der Waals surface area contributed by atoms with Crippen LogP contribution in [0.4, 0.5) is 0 Å². The first-order valence-electron chi connectivity index (χ1n) is 10.7. The third kappa shape index (κ3) is 3.70. The van der Waals surface area contributed by atoms with Crippen LogP contribution in [-0.4, -0.2) is 17.4 Å². The average Bonchev–Trinajstić information content (AvgIpc) is 3.46. The summed E-state index contributed by atoms with van der Waals surface area (Å²) < 4.78 is 29.0. The zero-order chi connectivity index (χ0) is 21.3. The number of fused-ring (bicyclic) bond motifs is 1. The van der Waals surface area contributed by atoms with Crippen LogP contribution in [-0.2, 0) is 10.0 Å². The van der Waals surface area contributed by atoms with E-state index in [1.165, 1.54) is 16.8 Å². The third-order valence-corrected chi connectivity index (χ3v) is 7.68. The molecule has 1 aliphatic carbocycles. The van der Waals surface area contributed by atoms with Gasteiger partial charge in [0.2, 0.25) is 0 Å². The van der Waals surface area contributed by atoms with Crippen LogP contribution in [0.1, 0.15) is 36.9 Å². The number of hydrogen-bond donors (Lipinski definition) is 0. The van der Waals surface area contributed by atoms with Crippen LogP contribution < -0.4 is 0 Å². The van der Waals surface area contributed by atoms with Gasteiger partial charge < -0.3 is 0 Å². The van der Waals surface area contributed by atoms with Gasteiger partial charge in [0.1, 0.15) is 0 Å². The lowest BCUT2D eigenvalue weighted by molar-refractivity contribution is 0.588. The molecule has 0 spiro atoms. The predicted molar refractivity (Wildman–Crippen MR) is 124 cm³/mol. The van der Waals surface area contributed by atoms with Crippen molar-refractivity contribution in [2.75, 3.05) is 0 Å². The summed E-state index contributed by atoms with van der Waals surface area (Å²) in [4.78, 5) is 4.72. The Morgan fingerprint density at radius 1 is 0.903 bits per heavy atom. The highest BCUT2D eigenvalue weighted by atomic mass is 32.2. The van der Waals surface area contributed by atoms with Crippen molar-refractivity contribution in [1.82, 2.24) is 8.96 Å². The normalized spacial score (nSPS) is 15.5. The van der Waals surface area contributed by atoms with E-state index in [0.29, 0.717) is 17.3 Å². The fraction of sp³-hybridized carbons (Fsp3) is 0.192. The zero-order valence-electron chi connectivity index (χ0n) is 17.2. The molecule has 5 rings (SSSR count). The van der Waals surface area contributed by atoms with Gasteiger partial charge in [0.25, 0.3) is 10.0 Å². The summed E-state index contributed by atoms with van der Waals surface area (Å²) in [7, 11) is -3.83. The van der Waals surface area contributed by atoms with Crippen molar-refractivity contribution in [2.24, 2.45) is 5.92 Å². The van der Waals surface area contributed by atoms with E-state index in [1.807, 2.05) is 54.6 Å². The van der Waals surface area contributed by atoms with Gasteiger partial charge in [-0.05, 0) is 54.7 Å². The molecule has 0 amide bonds. The smallest absolute Gasteiger partial charge is 0.237 e. The molecule has 1 fully saturated rings. The Balaban J connectivity index is 1.80. The van der Waals surface area contributed by atoms with Crippen LogP contribution >= 0.6 is 0 Å². The number of rotatable bonds is 5. The van der Waals surface area contributed by atoms with Gasteiger partial charge in [-0.2, -0.15) is 0 Å². The fourth-order valence-corrected chi connectivity index (χ4v) is 5.95. The minimum absolute atomic E-state index is 0.257. The van der Waals surface area contributed by atoms with Crippen LogP contribution in [0, 0.1) is 5.92 Å². The maximum absolute atomic E-state index is 13.8. The van der Waals surface area contributed by atoms with Gasteiger partial charge in [0.15, 0.2) is 5.65 Å². The molecule has 2 aromatic carbocycles. The van der Waals surface area contributed by atoms with E-state index in [9.17, 15) is 8.42 Å². The van der Waals surface area contributed by atoms with Crippen LogP contribution in [0.3, 0.4) is 0 Å². The van der Waals surface area contributed by atoms with Crippen LogP contribution in [0.2, 0.25) is 0 Å². The summed E-state index contributed by atoms with van der Waals surface area (Å²) in [6, 6.07) is 24.4. The summed E-state index contributed by atoms with van der Waals surface area (Å²) in [6.45, 7) is 0. The lowest BCUT2D eigenvalue weighted by Gasteiger charge is -2.16. The molecule has 2 aromatic heterocycles. The lowest BCUT2D eigenvalue weighted by atomic mass is 9.96. The molecule has 0 radical (unpaired) electrons. The van der Waals surface area contributed by atoms with Crippen molar-refractivity contribution in [3.8, 4) is 0 Å². The molecule has 31 heavy (non-hydrogen) atoms. The molecule has 0 N–H and O–H groups in total. The summed E-state index contributed by atoms with van der Waals surface area (Å²) in [5.41, 5.74) is 3.08. The standard InChI is InChI=1S/C26H24N2O2S/c29-31(30,23-15-5-2-6-16-23)28-25(19-22-14-9-17-27-26(22)28)24(18-20-10-7-8-11-20)21-12-3-1-4-13-21/h1-6,9,12-20H,7-8,10-11H2. The first kappa shape index (κ1) is 19.8. The molecule has 0 aliphatic heterocycles. The minimum Gasteiger partial charge on any atom is -0.237 e. The number of benzene rings is 2. The first-order chi connectivity index (χ1) is 15.1. The first-order valence-corrected chi connectivity index (χ1v) is 12.1. The van der Waals surface area contributed by atoms with Crippen molar-refractivity contribution in [3.63, 3.8) is 0 Å². The quantitative estimate of drug-likeness (QED) is 0.398. The molecule has 5 heteroatoms. The molecule has 0 bridgehead atoms. The summed E-state index contributed by atoms with van der Waals surface area (Å²) >= 11 is 0. The molecule has 4 aromatic rings. The second kappa shape index (κ2) is 8.16. The molecule has 4 nitrogen and oxygen atoms in total. The van der Waals surface area contributed by atoms with Gasteiger partial charge in [-0.15, -0.1) is 0 Å². The van der Waals surface area contributed by atoms with E-state index in [-0.39, 0.29) is 4.90 Å².